The van der Waals surface area contributed by atoms with Crippen molar-refractivity contribution in [3.05, 3.63) is 11.1 Å². The number of hydrogen-bond donors (Lipinski definition) is 1. The molecule has 1 aromatic heterocycles. The molecule has 4 heteroatoms. The zero-order valence-electron chi connectivity index (χ0n) is 13.1. The van der Waals surface area contributed by atoms with Crippen LogP contribution in [0.3, 0.4) is 0 Å². The number of thiazole rings is 1. The van der Waals surface area contributed by atoms with Crippen molar-refractivity contribution in [2.45, 2.75) is 47.6 Å². The standard InChI is InChI=1S/C15H29N3S/c1-6-7-16-8-14-11-19-15(17-14)18(9-12(2)3)10-13(4)5/h11-13,16H,6-10H2,1-5H3. The molecule has 0 saturated heterocycles. The fourth-order valence-electron chi connectivity index (χ4n) is 2.03. The van der Waals surface area contributed by atoms with E-state index in [4.69, 9.17) is 4.98 Å². The van der Waals surface area contributed by atoms with Gasteiger partial charge in [0.05, 0.1) is 5.69 Å². The largest absolute Gasteiger partial charge is 0.348 e. The van der Waals surface area contributed by atoms with Crippen LogP contribution >= 0.6 is 11.3 Å². The maximum absolute atomic E-state index is 4.77. The molecule has 1 heterocycles. The maximum Gasteiger partial charge on any atom is 0.185 e. The van der Waals surface area contributed by atoms with Gasteiger partial charge >= 0.3 is 0 Å². The van der Waals surface area contributed by atoms with E-state index in [1.54, 1.807) is 11.3 Å². The maximum atomic E-state index is 4.77. The fraction of sp³-hybridized carbons (Fsp3) is 0.800. The number of hydrogen-bond acceptors (Lipinski definition) is 4. The molecule has 1 N–H and O–H groups in total. The second kappa shape index (κ2) is 8.54. The van der Waals surface area contributed by atoms with Gasteiger partial charge in [-0.05, 0) is 24.8 Å². The average Bonchev–Trinajstić information content (AvgIpc) is 2.76. The van der Waals surface area contributed by atoms with Crippen LogP contribution in [-0.4, -0.2) is 24.6 Å². The van der Waals surface area contributed by atoms with Crippen LogP contribution < -0.4 is 10.2 Å². The van der Waals surface area contributed by atoms with E-state index in [9.17, 15) is 0 Å². The van der Waals surface area contributed by atoms with E-state index in [0.29, 0.717) is 11.8 Å². The van der Waals surface area contributed by atoms with Gasteiger partial charge in [-0.2, -0.15) is 0 Å². The van der Waals surface area contributed by atoms with Crippen LogP contribution in [0.4, 0.5) is 5.13 Å². The van der Waals surface area contributed by atoms with Gasteiger partial charge in [0, 0.05) is 25.0 Å². The predicted octanol–water partition coefficient (Wildman–Crippen LogP) is 3.76. The first-order valence-electron chi connectivity index (χ1n) is 7.43. The van der Waals surface area contributed by atoms with Gasteiger partial charge in [-0.1, -0.05) is 34.6 Å². The first-order chi connectivity index (χ1) is 9.02. The second-order valence-corrected chi connectivity index (χ2v) is 6.83. The van der Waals surface area contributed by atoms with E-state index >= 15 is 0 Å². The number of anilines is 1. The van der Waals surface area contributed by atoms with Gasteiger partial charge in [0.2, 0.25) is 0 Å². The van der Waals surface area contributed by atoms with E-state index in [1.165, 1.54) is 17.2 Å². The summed E-state index contributed by atoms with van der Waals surface area (Å²) >= 11 is 1.77. The summed E-state index contributed by atoms with van der Waals surface area (Å²) in [5.41, 5.74) is 1.17. The molecular weight excluding hydrogens is 254 g/mol. The van der Waals surface area contributed by atoms with Crippen molar-refractivity contribution >= 4 is 16.5 Å². The summed E-state index contributed by atoms with van der Waals surface area (Å²) in [5, 5.41) is 6.77. The second-order valence-electron chi connectivity index (χ2n) is 5.99. The van der Waals surface area contributed by atoms with Crippen LogP contribution in [0.25, 0.3) is 0 Å². The highest BCUT2D eigenvalue weighted by atomic mass is 32.1. The SMILES string of the molecule is CCCNCc1csc(N(CC(C)C)CC(C)C)n1. The van der Waals surface area contributed by atoms with Crippen molar-refractivity contribution in [1.82, 2.24) is 10.3 Å². The minimum Gasteiger partial charge on any atom is -0.348 e. The molecule has 110 valence electrons. The smallest absolute Gasteiger partial charge is 0.185 e. The summed E-state index contributed by atoms with van der Waals surface area (Å²) < 4.78 is 0. The minimum atomic E-state index is 0.671. The number of aromatic nitrogens is 1. The molecule has 0 spiro atoms. The Hall–Kier alpha value is -0.610. The summed E-state index contributed by atoms with van der Waals surface area (Å²) in [7, 11) is 0. The van der Waals surface area contributed by atoms with Gasteiger partial charge in [-0.3, -0.25) is 0 Å². The summed E-state index contributed by atoms with van der Waals surface area (Å²) in [6.45, 7) is 15.4. The molecule has 3 nitrogen and oxygen atoms in total. The van der Waals surface area contributed by atoms with Crippen LogP contribution in [0.15, 0.2) is 5.38 Å². The molecule has 1 aromatic rings. The van der Waals surface area contributed by atoms with E-state index in [0.717, 1.165) is 26.2 Å². The Bertz CT molecular complexity index is 337. The topological polar surface area (TPSA) is 28.2 Å². The van der Waals surface area contributed by atoms with Crippen LogP contribution in [0.1, 0.15) is 46.7 Å². The fourth-order valence-corrected chi connectivity index (χ4v) is 2.87. The highest BCUT2D eigenvalue weighted by Crippen LogP contribution is 2.22. The zero-order chi connectivity index (χ0) is 14.3. The molecule has 0 aliphatic heterocycles. The minimum absolute atomic E-state index is 0.671. The van der Waals surface area contributed by atoms with Crippen LogP contribution in [0.2, 0.25) is 0 Å². The molecule has 0 bridgehead atoms. The van der Waals surface area contributed by atoms with Crippen molar-refractivity contribution in [3.63, 3.8) is 0 Å². The molecular formula is C15H29N3S. The van der Waals surface area contributed by atoms with Gasteiger partial charge in [0.1, 0.15) is 0 Å². The quantitative estimate of drug-likeness (QED) is 0.699. The molecule has 0 atom stereocenters. The number of nitrogens with one attached hydrogen (secondary N) is 1. The molecule has 0 aromatic carbocycles. The third kappa shape index (κ3) is 6.39. The molecule has 0 saturated carbocycles. The van der Waals surface area contributed by atoms with Crippen molar-refractivity contribution in [3.8, 4) is 0 Å². The Morgan fingerprint density at radius 2 is 1.84 bits per heavy atom. The Balaban J connectivity index is 2.62. The highest BCUT2D eigenvalue weighted by molar-refractivity contribution is 7.13. The van der Waals surface area contributed by atoms with E-state index in [-0.39, 0.29) is 0 Å². The van der Waals surface area contributed by atoms with Gasteiger partial charge in [-0.15, -0.1) is 11.3 Å². The normalized spacial score (nSPS) is 11.5. The Kier molecular flexibility index (Phi) is 7.39. The van der Waals surface area contributed by atoms with Crippen molar-refractivity contribution in [2.75, 3.05) is 24.5 Å². The molecule has 0 unspecified atom stereocenters. The third-order valence-electron chi connectivity index (χ3n) is 2.71. The number of rotatable bonds is 9. The molecule has 0 amide bonds. The molecule has 19 heavy (non-hydrogen) atoms. The van der Waals surface area contributed by atoms with Gasteiger partial charge < -0.3 is 10.2 Å². The Morgan fingerprint density at radius 3 is 2.37 bits per heavy atom. The first kappa shape index (κ1) is 16.4. The summed E-state index contributed by atoms with van der Waals surface area (Å²) in [4.78, 5) is 7.20. The predicted molar refractivity (Wildman–Crippen MR) is 86.0 cm³/mol. The van der Waals surface area contributed by atoms with Crippen molar-refractivity contribution < 1.29 is 0 Å². The molecule has 0 fully saturated rings. The lowest BCUT2D eigenvalue weighted by Gasteiger charge is -2.25. The van der Waals surface area contributed by atoms with Gasteiger partial charge in [0.15, 0.2) is 5.13 Å². The lowest BCUT2D eigenvalue weighted by molar-refractivity contribution is 0.551. The van der Waals surface area contributed by atoms with E-state index in [1.807, 2.05) is 0 Å². The Labute approximate surface area is 122 Å². The van der Waals surface area contributed by atoms with Crippen LogP contribution in [0, 0.1) is 11.8 Å². The van der Waals surface area contributed by atoms with Crippen molar-refractivity contribution in [1.29, 1.82) is 0 Å². The van der Waals surface area contributed by atoms with Crippen molar-refractivity contribution in [2.24, 2.45) is 11.8 Å². The van der Waals surface area contributed by atoms with Gasteiger partial charge in [0.25, 0.3) is 0 Å². The lowest BCUT2D eigenvalue weighted by atomic mass is 10.1. The monoisotopic (exact) mass is 283 g/mol. The van der Waals surface area contributed by atoms with Gasteiger partial charge in [-0.25, -0.2) is 4.98 Å². The summed E-state index contributed by atoms with van der Waals surface area (Å²) in [6, 6.07) is 0. The molecule has 0 aliphatic carbocycles. The molecule has 0 aliphatic rings. The summed E-state index contributed by atoms with van der Waals surface area (Å²) in [6.07, 6.45) is 1.17. The lowest BCUT2D eigenvalue weighted by Crippen LogP contribution is -2.31. The number of nitrogens with zero attached hydrogens (tertiary/aromatic N) is 2. The highest BCUT2D eigenvalue weighted by Gasteiger charge is 2.14. The third-order valence-corrected chi connectivity index (χ3v) is 3.66. The van der Waals surface area contributed by atoms with Crippen LogP contribution in [-0.2, 0) is 6.54 Å². The van der Waals surface area contributed by atoms with E-state index < -0.39 is 0 Å². The Morgan fingerprint density at radius 1 is 1.21 bits per heavy atom. The zero-order valence-corrected chi connectivity index (χ0v) is 13.9. The van der Waals surface area contributed by atoms with E-state index in [2.05, 4.69) is 50.2 Å². The molecule has 1 rings (SSSR count). The van der Waals surface area contributed by atoms with Crippen LogP contribution in [0.5, 0.6) is 0 Å². The first-order valence-corrected chi connectivity index (χ1v) is 8.31. The average molecular weight is 283 g/mol. The molecule has 0 radical (unpaired) electrons. The summed E-state index contributed by atoms with van der Waals surface area (Å²) in [5.74, 6) is 1.34.